The molecule has 1 fully saturated rings. The Bertz CT molecular complexity index is 706. The van der Waals surface area contributed by atoms with Crippen molar-refractivity contribution in [2.45, 2.75) is 38.9 Å². The highest BCUT2D eigenvalue weighted by atomic mass is 19.1. The van der Waals surface area contributed by atoms with Crippen LogP contribution in [0.15, 0.2) is 30.6 Å². The van der Waals surface area contributed by atoms with Crippen molar-refractivity contribution < 1.29 is 9.18 Å². The summed E-state index contributed by atoms with van der Waals surface area (Å²) in [5.41, 5.74) is 1.62. The lowest BCUT2D eigenvalue weighted by atomic mass is 10.2. The maximum Gasteiger partial charge on any atom is 0.217 e. The Hall–Kier alpha value is -2.41. The standard InChI is InChI=1S/C17H20FN5O/c1-12(24)20-10-14-6-7-19-17(22-14)16-3-2-8-23(16)11-15-5-4-13(18)9-21-15/h4-7,9,16H,2-3,8,10-11H2,1H3,(H,20,24). The number of carbonyl (C=O) groups is 1. The second-order valence-electron chi connectivity index (χ2n) is 5.91. The molecule has 6 nitrogen and oxygen atoms in total. The highest BCUT2D eigenvalue weighted by molar-refractivity contribution is 5.72. The number of halogens is 1. The average Bonchev–Trinajstić information content (AvgIpc) is 3.03. The number of likely N-dealkylation sites (tertiary alicyclic amines) is 1. The summed E-state index contributed by atoms with van der Waals surface area (Å²) in [4.78, 5) is 26.4. The van der Waals surface area contributed by atoms with Crippen LogP contribution in [0.3, 0.4) is 0 Å². The largest absolute Gasteiger partial charge is 0.351 e. The minimum Gasteiger partial charge on any atom is -0.351 e. The monoisotopic (exact) mass is 329 g/mol. The number of aromatic nitrogens is 3. The van der Waals surface area contributed by atoms with Crippen molar-refractivity contribution in [3.8, 4) is 0 Å². The molecule has 2 aromatic heterocycles. The van der Waals surface area contributed by atoms with Gasteiger partial charge < -0.3 is 5.32 Å². The van der Waals surface area contributed by atoms with E-state index in [1.54, 1.807) is 18.3 Å². The molecular formula is C17H20FN5O. The van der Waals surface area contributed by atoms with Gasteiger partial charge in [0.1, 0.15) is 11.6 Å². The van der Waals surface area contributed by atoms with Crippen LogP contribution in [0.1, 0.15) is 43.0 Å². The number of hydrogen-bond donors (Lipinski definition) is 1. The van der Waals surface area contributed by atoms with Gasteiger partial charge in [0.2, 0.25) is 5.91 Å². The SMILES string of the molecule is CC(=O)NCc1ccnc(C2CCCN2Cc2ccc(F)cn2)n1. The van der Waals surface area contributed by atoms with Crippen molar-refractivity contribution in [2.75, 3.05) is 6.54 Å². The van der Waals surface area contributed by atoms with Crippen LogP contribution in [0.25, 0.3) is 0 Å². The Kier molecular flexibility index (Phi) is 5.10. The van der Waals surface area contributed by atoms with Gasteiger partial charge in [0, 0.05) is 19.7 Å². The van der Waals surface area contributed by atoms with Crippen molar-refractivity contribution >= 4 is 5.91 Å². The molecule has 1 saturated heterocycles. The van der Waals surface area contributed by atoms with Gasteiger partial charge in [-0.05, 0) is 37.6 Å². The molecule has 126 valence electrons. The zero-order valence-electron chi connectivity index (χ0n) is 13.6. The molecule has 0 radical (unpaired) electrons. The molecule has 1 amide bonds. The molecule has 0 spiro atoms. The predicted octanol–water partition coefficient (Wildman–Crippen LogP) is 1.98. The minimum atomic E-state index is -0.328. The number of nitrogens with one attached hydrogen (secondary N) is 1. The molecule has 24 heavy (non-hydrogen) atoms. The first-order chi connectivity index (χ1) is 11.6. The first kappa shape index (κ1) is 16.4. The van der Waals surface area contributed by atoms with Gasteiger partial charge in [-0.1, -0.05) is 0 Å². The van der Waals surface area contributed by atoms with Gasteiger partial charge in [-0.15, -0.1) is 0 Å². The second-order valence-corrected chi connectivity index (χ2v) is 5.91. The highest BCUT2D eigenvalue weighted by Gasteiger charge is 2.28. The summed E-state index contributed by atoms with van der Waals surface area (Å²) in [5.74, 6) is 0.350. The van der Waals surface area contributed by atoms with Crippen LogP contribution in [-0.2, 0) is 17.9 Å². The Balaban J connectivity index is 1.71. The van der Waals surface area contributed by atoms with Crippen molar-refractivity contribution in [1.82, 2.24) is 25.2 Å². The Labute approximate surface area is 140 Å². The van der Waals surface area contributed by atoms with Gasteiger partial charge in [-0.2, -0.15) is 0 Å². The molecule has 1 unspecified atom stereocenters. The van der Waals surface area contributed by atoms with E-state index in [0.717, 1.165) is 36.6 Å². The first-order valence-electron chi connectivity index (χ1n) is 8.02. The fraction of sp³-hybridized carbons (Fsp3) is 0.412. The lowest BCUT2D eigenvalue weighted by molar-refractivity contribution is -0.119. The third kappa shape index (κ3) is 4.11. The normalized spacial score (nSPS) is 17.8. The molecule has 2 aromatic rings. The van der Waals surface area contributed by atoms with Crippen molar-refractivity contribution in [2.24, 2.45) is 0 Å². The zero-order valence-corrected chi connectivity index (χ0v) is 13.6. The predicted molar refractivity (Wildman–Crippen MR) is 86.1 cm³/mol. The molecule has 1 aliphatic rings. The summed E-state index contributed by atoms with van der Waals surface area (Å²) in [6.07, 6.45) is 5.01. The van der Waals surface area contributed by atoms with Crippen molar-refractivity contribution in [3.63, 3.8) is 0 Å². The van der Waals surface area contributed by atoms with E-state index in [-0.39, 0.29) is 17.8 Å². The van der Waals surface area contributed by atoms with Crippen LogP contribution in [0, 0.1) is 5.82 Å². The lowest BCUT2D eigenvalue weighted by Gasteiger charge is -2.23. The summed E-state index contributed by atoms with van der Waals surface area (Å²) in [6, 6.07) is 5.06. The molecule has 0 bridgehead atoms. The molecule has 1 aliphatic heterocycles. The van der Waals surface area contributed by atoms with Crippen molar-refractivity contribution in [1.29, 1.82) is 0 Å². The molecular weight excluding hydrogens is 309 g/mol. The smallest absolute Gasteiger partial charge is 0.217 e. The van der Waals surface area contributed by atoms with Gasteiger partial charge in [0.15, 0.2) is 0 Å². The molecule has 0 aliphatic carbocycles. The van der Waals surface area contributed by atoms with E-state index < -0.39 is 0 Å². The Morgan fingerprint density at radius 2 is 2.21 bits per heavy atom. The number of amides is 1. The summed E-state index contributed by atoms with van der Waals surface area (Å²) in [5, 5.41) is 2.75. The number of nitrogens with zero attached hydrogens (tertiary/aromatic N) is 4. The van der Waals surface area contributed by atoms with E-state index >= 15 is 0 Å². The van der Waals surface area contributed by atoms with E-state index in [2.05, 4.69) is 25.2 Å². The first-order valence-corrected chi connectivity index (χ1v) is 8.02. The zero-order chi connectivity index (χ0) is 16.9. The van der Waals surface area contributed by atoms with Crippen LogP contribution < -0.4 is 5.32 Å². The lowest BCUT2D eigenvalue weighted by Crippen LogP contribution is -2.25. The average molecular weight is 329 g/mol. The fourth-order valence-electron chi connectivity index (χ4n) is 2.90. The molecule has 3 rings (SSSR count). The van der Waals surface area contributed by atoms with Gasteiger partial charge in [-0.3, -0.25) is 14.7 Å². The molecule has 0 saturated carbocycles. The van der Waals surface area contributed by atoms with Crippen LogP contribution in [0.4, 0.5) is 4.39 Å². The minimum absolute atomic E-state index is 0.0833. The molecule has 1 N–H and O–H groups in total. The second kappa shape index (κ2) is 7.44. The summed E-state index contributed by atoms with van der Waals surface area (Å²) >= 11 is 0. The fourth-order valence-corrected chi connectivity index (χ4v) is 2.90. The van der Waals surface area contributed by atoms with Crippen LogP contribution in [-0.4, -0.2) is 32.3 Å². The van der Waals surface area contributed by atoms with E-state index in [0.29, 0.717) is 13.1 Å². The van der Waals surface area contributed by atoms with Gasteiger partial charge in [0.25, 0.3) is 0 Å². The van der Waals surface area contributed by atoms with Gasteiger partial charge in [0.05, 0.1) is 30.2 Å². The molecule has 0 aromatic carbocycles. The quantitative estimate of drug-likeness (QED) is 0.908. The Morgan fingerprint density at radius 3 is 2.96 bits per heavy atom. The number of hydrogen-bond acceptors (Lipinski definition) is 5. The maximum atomic E-state index is 13.0. The number of rotatable bonds is 5. The summed E-state index contributed by atoms with van der Waals surface area (Å²) in [7, 11) is 0. The highest BCUT2D eigenvalue weighted by Crippen LogP contribution is 2.30. The third-order valence-electron chi connectivity index (χ3n) is 4.07. The Morgan fingerprint density at radius 1 is 1.33 bits per heavy atom. The van der Waals surface area contributed by atoms with Crippen LogP contribution in [0.2, 0.25) is 0 Å². The maximum absolute atomic E-state index is 13.0. The van der Waals surface area contributed by atoms with Crippen molar-refractivity contribution in [3.05, 3.63) is 53.6 Å². The van der Waals surface area contributed by atoms with Gasteiger partial charge >= 0.3 is 0 Å². The van der Waals surface area contributed by atoms with E-state index in [1.165, 1.54) is 19.2 Å². The van der Waals surface area contributed by atoms with E-state index in [9.17, 15) is 9.18 Å². The van der Waals surface area contributed by atoms with Gasteiger partial charge in [-0.25, -0.2) is 14.4 Å². The molecule has 1 atom stereocenters. The molecule has 3 heterocycles. The van der Waals surface area contributed by atoms with Crippen LogP contribution >= 0.6 is 0 Å². The van der Waals surface area contributed by atoms with Crippen LogP contribution in [0.5, 0.6) is 0 Å². The van der Waals surface area contributed by atoms with E-state index in [1.807, 2.05) is 0 Å². The third-order valence-corrected chi connectivity index (χ3v) is 4.07. The summed E-state index contributed by atoms with van der Waals surface area (Å²) < 4.78 is 13.0. The number of pyridine rings is 1. The summed E-state index contributed by atoms with van der Waals surface area (Å²) in [6.45, 7) is 3.46. The topological polar surface area (TPSA) is 71.0 Å². The number of carbonyl (C=O) groups excluding carboxylic acids is 1. The molecule has 7 heteroatoms. The van der Waals surface area contributed by atoms with E-state index in [4.69, 9.17) is 0 Å².